The first kappa shape index (κ1) is 18.8. The molecule has 1 fully saturated rings. The Kier molecular flexibility index (Phi) is 5.69. The molecule has 0 spiro atoms. The van der Waals surface area contributed by atoms with E-state index < -0.39 is 5.82 Å². The second-order valence-electron chi connectivity index (χ2n) is 6.66. The van der Waals surface area contributed by atoms with Gasteiger partial charge < -0.3 is 15.4 Å². The van der Waals surface area contributed by atoms with Crippen molar-refractivity contribution in [3.05, 3.63) is 53.5 Å². The maximum absolute atomic E-state index is 13.4. The maximum atomic E-state index is 13.4. The number of carbonyl (C=O) groups excluding carboxylic acids is 2. The van der Waals surface area contributed by atoms with Crippen LogP contribution >= 0.6 is 0 Å². The molecule has 1 saturated carbocycles. The van der Waals surface area contributed by atoms with Crippen molar-refractivity contribution < 1.29 is 18.7 Å². The average Bonchev–Trinajstić information content (AvgIpc) is 3.13. The number of aryl methyl sites for hydroxylation is 1. The van der Waals surface area contributed by atoms with Gasteiger partial charge in [0.25, 0.3) is 5.91 Å². The van der Waals surface area contributed by atoms with Gasteiger partial charge in [-0.3, -0.25) is 9.59 Å². The van der Waals surface area contributed by atoms with Crippen LogP contribution in [0.1, 0.15) is 35.2 Å². The normalized spacial score (nSPS) is 18.8. The number of anilines is 1. The van der Waals surface area contributed by atoms with E-state index in [0.29, 0.717) is 23.6 Å². The van der Waals surface area contributed by atoms with E-state index in [2.05, 4.69) is 15.6 Å². The van der Waals surface area contributed by atoms with Crippen LogP contribution in [0.5, 0.6) is 5.88 Å². The Morgan fingerprint density at radius 2 is 2.04 bits per heavy atom. The monoisotopic (exact) mass is 371 g/mol. The van der Waals surface area contributed by atoms with Crippen LogP contribution in [0, 0.1) is 18.7 Å². The Labute approximate surface area is 157 Å². The van der Waals surface area contributed by atoms with Crippen molar-refractivity contribution in [2.24, 2.45) is 5.92 Å². The molecule has 27 heavy (non-hydrogen) atoms. The van der Waals surface area contributed by atoms with Gasteiger partial charge in [-0.05, 0) is 43.5 Å². The molecule has 142 valence electrons. The molecule has 0 unspecified atom stereocenters. The number of hydrogen-bond acceptors (Lipinski definition) is 4. The summed E-state index contributed by atoms with van der Waals surface area (Å²) in [6.07, 6.45) is 3.67. The van der Waals surface area contributed by atoms with E-state index in [1.165, 1.54) is 25.4 Å². The third kappa shape index (κ3) is 4.42. The predicted molar refractivity (Wildman–Crippen MR) is 99.2 cm³/mol. The summed E-state index contributed by atoms with van der Waals surface area (Å²) in [5.74, 6) is -0.826. The van der Waals surface area contributed by atoms with Gasteiger partial charge in [-0.2, -0.15) is 0 Å². The number of benzene rings is 1. The molecule has 0 radical (unpaired) electrons. The number of aromatic nitrogens is 1. The lowest BCUT2D eigenvalue weighted by atomic mass is 10.0. The molecule has 1 aliphatic carbocycles. The first-order valence-corrected chi connectivity index (χ1v) is 8.86. The number of methoxy groups -OCH3 is 1. The standard InChI is InChI=1S/C20H22FN3O3/c1-12-6-8-14(21)10-17(12)24-20(26)15-4-3-5-16(15)23-19(25)13-7-9-18(27-2)22-11-13/h6-11,15-16H,3-5H2,1-2H3,(H,23,25)(H,24,26)/t15-,16+/m0/s1. The smallest absolute Gasteiger partial charge is 0.253 e. The first-order chi connectivity index (χ1) is 13.0. The number of amides is 2. The summed E-state index contributed by atoms with van der Waals surface area (Å²) in [5.41, 5.74) is 1.65. The third-order valence-electron chi connectivity index (χ3n) is 4.83. The Bertz CT molecular complexity index is 839. The highest BCUT2D eigenvalue weighted by Crippen LogP contribution is 2.28. The predicted octanol–water partition coefficient (Wildman–Crippen LogP) is 3.07. The molecule has 7 heteroatoms. The van der Waals surface area contributed by atoms with E-state index in [4.69, 9.17) is 4.74 Å². The van der Waals surface area contributed by atoms with Crippen molar-refractivity contribution in [1.29, 1.82) is 0 Å². The zero-order valence-corrected chi connectivity index (χ0v) is 15.3. The first-order valence-electron chi connectivity index (χ1n) is 8.86. The van der Waals surface area contributed by atoms with Crippen molar-refractivity contribution in [2.45, 2.75) is 32.2 Å². The van der Waals surface area contributed by atoms with E-state index in [1.807, 2.05) is 0 Å². The van der Waals surface area contributed by atoms with E-state index >= 15 is 0 Å². The van der Waals surface area contributed by atoms with Crippen LogP contribution in [-0.2, 0) is 4.79 Å². The molecule has 2 aromatic rings. The van der Waals surface area contributed by atoms with Crippen molar-refractivity contribution in [3.63, 3.8) is 0 Å². The van der Waals surface area contributed by atoms with Crippen LogP contribution in [0.4, 0.5) is 10.1 Å². The fourth-order valence-electron chi connectivity index (χ4n) is 3.29. The topological polar surface area (TPSA) is 80.3 Å². The number of carbonyl (C=O) groups is 2. The highest BCUT2D eigenvalue weighted by molar-refractivity contribution is 5.96. The summed E-state index contributed by atoms with van der Waals surface area (Å²) in [5, 5.41) is 5.71. The fourth-order valence-corrected chi connectivity index (χ4v) is 3.29. The quantitative estimate of drug-likeness (QED) is 0.846. The van der Waals surface area contributed by atoms with Crippen molar-refractivity contribution in [3.8, 4) is 5.88 Å². The van der Waals surface area contributed by atoms with Gasteiger partial charge in [-0.25, -0.2) is 9.37 Å². The lowest BCUT2D eigenvalue weighted by Crippen LogP contribution is -2.42. The summed E-state index contributed by atoms with van der Waals surface area (Å²) < 4.78 is 18.4. The molecular formula is C20H22FN3O3. The number of hydrogen-bond donors (Lipinski definition) is 2. The molecule has 6 nitrogen and oxygen atoms in total. The van der Waals surface area contributed by atoms with Crippen LogP contribution in [0.2, 0.25) is 0 Å². The molecule has 0 bridgehead atoms. The summed E-state index contributed by atoms with van der Waals surface area (Å²) >= 11 is 0. The molecule has 2 amide bonds. The molecule has 3 rings (SSSR count). The highest BCUT2D eigenvalue weighted by Gasteiger charge is 2.34. The van der Waals surface area contributed by atoms with Gasteiger partial charge in [0.15, 0.2) is 0 Å². The maximum Gasteiger partial charge on any atom is 0.253 e. The largest absolute Gasteiger partial charge is 0.481 e. The fraction of sp³-hybridized carbons (Fsp3) is 0.350. The van der Waals surface area contributed by atoms with Crippen molar-refractivity contribution >= 4 is 17.5 Å². The van der Waals surface area contributed by atoms with Gasteiger partial charge in [0.1, 0.15) is 5.82 Å². The van der Waals surface area contributed by atoms with Gasteiger partial charge >= 0.3 is 0 Å². The minimum absolute atomic E-state index is 0.209. The van der Waals surface area contributed by atoms with E-state index in [1.54, 1.807) is 25.1 Å². The number of ether oxygens (including phenoxy) is 1. The number of nitrogens with one attached hydrogen (secondary N) is 2. The molecule has 2 atom stereocenters. The van der Waals surface area contributed by atoms with Gasteiger partial charge in [0, 0.05) is 24.0 Å². The minimum atomic E-state index is -0.404. The van der Waals surface area contributed by atoms with E-state index in [0.717, 1.165) is 18.4 Å². The number of nitrogens with zero attached hydrogens (tertiary/aromatic N) is 1. The van der Waals surface area contributed by atoms with Crippen LogP contribution in [0.25, 0.3) is 0 Å². The zero-order chi connectivity index (χ0) is 19.4. The lowest BCUT2D eigenvalue weighted by molar-refractivity contribution is -0.120. The molecule has 0 saturated heterocycles. The number of rotatable bonds is 5. The van der Waals surface area contributed by atoms with E-state index in [9.17, 15) is 14.0 Å². The molecule has 0 aliphatic heterocycles. The molecule has 1 aromatic heterocycles. The Morgan fingerprint density at radius 3 is 2.74 bits per heavy atom. The SMILES string of the molecule is COc1ccc(C(=O)N[C@@H]2CCC[C@@H]2C(=O)Nc2cc(F)ccc2C)cn1. The Hall–Kier alpha value is -2.96. The third-order valence-corrected chi connectivity index (χ3v) is 4.83. The molecule has 1 heterocycles. The van der Waals surface area contributed by atoms with Crippen LogP contribution < -0.4 is 15.4 Å². The summed E-state index contributed by atoms with van der Waals surface area (Å²) in [6, 6.07) is 7.25. The summed E-state index contributed by atoms with van der Waals surface area (Å²) in [6.45, 7) is 1.81. The minimum Gasteiger partial charge on any atom is -0.481 e. The highest BCUT2D eigenvalue weighted by atomic mass is 19.1. The van der Waals surface area contributed by atoms with Crippen LogP contribution in [0.3, 0.4) is 0 Å². The zero-order valence-electron chi connectivity index (χ0n) is 15.3. The molecular weight excluding hydrogens is 349 g/mol. The molecule has 1 aromatic carbocycles. The van der Waals surface area contributed by atoms with Gasteiger partial charge in [-0.1, -0.05) is 12.5 Å². The lowest BCUT2D eigenvalue weighted by Gasteiger charge is -2.21. The summed E-state index contributed by atoms with van der Waals surface area (Å²) in [4.78, 5) is 29.2. The molecule has 1 aliphatic rings. The number of halogens is 1. The van der Waals surface area contributed by atoms with E-state index in [-0.39, 0.29) is 23.8 Å². The van der Waals surface area contributed by atoms with Crippen LogP contribution in [-0.4, -0.2) is 29.9 Å². The summed E-state index contributed by atoms with van der Waals surface area (Å²) in [7, 11) is 1.50. The molecule has 2 N–H and O–H groups in total. The van der Waals surface area contributed by atoms with Crippen molar-refractivity contribution in [1.82, 2.24) is 10.3 Å². The van der Waals surface area contributed by atoms with Crippen LogP contribution in [0.15, 0.2) is 36.5 Å². The second-order valence-corrected chi connectivity index (χ2v) is 6.66. The Morgan fingerprint density at radius 1 is 1.22 bits per heavy atom. The average molecular weight is 371 g/mol. The second kappa shape index (κ2) is 8.16. The number of pyridine rings is 1. The van der Waals surface area contributed by atoms with Gasteiger partial charge in [-0.15, -0.1) is 0 Å². The van der Waals surface area contributed by atoms with Crippen molar-refractivity contribution in [2.75, 3.05) is 12.4 Å². The Balaban J connectivity index is 1.66. The van der Waals surface area contributed by atoms with Gasteiger partial charge in [0.05, 0.1) is 18.6 Å². The van der Waals surface area contributed by atoms with Gasteiger partial charge in [0.2, 0.25) is 11.8 Å².